The second kappa shape index (κ2) is 4.93. The van der Waals surface area contributed by atoms with Crippen molar-refractivity contribution in [2.24, 2.45) is 0 Å². The Morgan fingerprint density at radius 3 is 1.90 bits per heavy atom. The molecule has 1 nitrogen and oxygen atoms in total. The van der Waals surface area contributed by atoms with Crippen molar-refractivity contribution in [1.29, 1.82) is 0 Å². The molecule has 0 heterocycles. The van der Waals surface area contributed by atoms with Crippen LogP contribution in [0.15, 0.2) is 67.3 Å². The molecule has 0 fully saturated rings. The Morgan fingerprint density at radius 1 is 0.952 bits per heavy atom. The van der Waals surface area contributed by atoms with Crippen LogP contribution in [-0.2, 0) is 0 Å². The highest BCUT2D eigenvalue weighted by molar-refractivity contribution is 6.02. The lowest BCUT2D eigenvalue weighted by atomic mass is 9.91. The molecule has 3 aromatic rings. The van der Waals surface area contributed by atoms with Crippen molar-refractivity contribution < 1.29 is 13.9 Å². The number of fused-ring (bicyclic) bond motifs is 2. The second-order valence-electron chi connectivity index (χ2n) is 5.01. The van der Waals surface area contributed by atoms with Crippen molar-refractivity contribution in [2.75, 3.05) is 0 Å². The molecule has 21 heavy (non-hydrogen) atoms. The first-order valence-corrected chi connectivity index (χ1v) is 6.64. The highest BCUT2D eigenvalue weighted by atomic mass is 19.3. The fourth-order valence-corrected chi connectivity index (χ4v) is 2.65. The first-order valence-electron chi connectivity index (χ1n) is 6.64. The molecule has 0 saturated carbocycles. The number of rotatable bonds is 3. The Kier molecular flexibility index (Phi) is 3.22. The molecular weight excluding hydrogens is 270 g/mol. The number of aliphatic hydroxyl groups excluding tert-OH is 1. The fourth-order valence-electron chi connectivity index (χ4n) is 2.65. The Balaban J connectivity index is 2.43. The van der Waals surface area contributed by atoms with Gasteiger partial charge in [0.25, 0.3) is 5.92 Å². The largest absolute Gasteiger partial charge is 0.382 e. The van der Waals surface area contributed by atoms with Gasteiger partial charge in [0.1, 0.15) is 6.10 Å². The minimum absolute atomic E-state index is 0.244. The van der Waals surface area contributed by atoms with E-state index in [1.54, 1.807) is 24.3 Å². The standard InChI is InChI=1S/C18H14F2O/c1-2-18(19,20)17(21)16-14-9-5-3-7-12(14)11-13-8-4-6-10-15(13)16/h2-11,17,21H,1H2. The maximum absolute atomic E-state index is 13.9. The SMILES string of the molecule is C=CC(F)(F)C(O)c1c2ccccc2cc2ccccc12. The van der Waals surface area contributed by atoms with Crippen LogP contribution in [0.5, 0.6) is 0 Å². The topological polar surface area (TPSA) is 20.2 Å². The molecule has 106 valence electrons. The maximum Gasteiger partial charge on any atom is 0.295 e. The van der Waals surface area contributed by atoms with E-state index in [0.29, 0.717) is 16.8 Å². The minimum atomic E-state index is -3.38. The van der Waals surface area contributed by atoms with Crippen molar-refractivity contribution in [2.45, 2.75) is 12.0 Å². The average molecular weight is 284 g/mol. The summed E-state index contributed by atoms with van der Waals surface area (Å²) in [7, 11) is 0. The third-order valence-electron chi connectivity index (χ3n) is 3.72. The lowest BCUT2D eigenvalue weighted by Crippen LogP contribution is -2.23. The molecule has 1 unspecified atom stereocenters. The Bertz CT molecular complexity index is 770. The van der Waals surface area contributed by atoms with Crippen LogP contribution in [0.2, 0.25) is 0 Å². The molecular formula is C18H14F2O. The fraction of sp³-hybridized carbons (Fsp3) is 0.111. The highest BCUT2D eigenvalue weighted by Crippen LogP contribution is 2.40. The number of halogens is 2. The van der Waals surface area contributed by atoms with E-state index in [9.17, 15) is 13.9 Å². The Labute approximate surface area is 121 Å². The van der Waals surface area contributed by atoms with Crippen LogP contribution in [0.1, 0.15) is 11.7 Å². The summed E-state index contributed by atoms with van der Waals surface area (Å²) in [5.74, 6) is -3.38. The van der Waals surface area contributed by atoms with Gasteiger partial charge >= 0.3 is 0 Å². The number of aliphatic hydroxyl groups is 1. The zero-order chi connectivity index (χ0) is 15.0. The number of hydrogen-bond acceptors (Lipinski definition) is 1. The summed E-state index contributed by atoms with van der Waals surface area (Å²) < 4.78 is 27.8. The predicted molar refractivity (Wildman–Crippen MR) is 81.6 cm³/mol. The molecule has 0 amide bonds. The van der Waals surface area contributed by atoms with Crippen molar-refractivity contribution >= 4 is 21.5 Å². The minimum Gasteiger partial charge on any atom is -0.382 e. The van der Waals surface area contributed by atoms with Crippen molar-refractivity contribution in [3.63, 3.8) is 0 Å². The summed E-state index contributed by atoms with van der Waals surface area (Å²) >= 11 is 0. The third-order valence-corrected chi connectivity index (χ3v) is 3.72. The monoisotopic (exact) mass is 284 g/mol. The highest BCUT2D eigenvalue weighted by Gasteiger charge is 2.37. The van der Waals surface area contributed by atoms with Gasteiger partial charge in [0.2, 0.25) is 0 Å². The van der Waals surface area contributed by atoms with E-state index in [1.807, 2.05) is 30.3 Å². The molecule has 0 radical (unpaired) electrons. The van der Waals surface area contributed by atoms with Crippen LogP contribution >= 0.6 is 0 Å². The third kappa shape index (κ3) is 2.20. The van der Waals surface area contributed by atoms with Gasteiger partial charge in [-0.2, -0.15) is 8.78 Å². The normalized spacial score (nSPS) is 13.5. The van der Waals surface area contributed by atoms with Crippen LogP contribution in [-0.4, -0.2) is 11.0 Å². The van der Waals surface area contributed by atoms with Crippen LogP contribution < -0.4 is 0 Å². The zero-order valence-corrected chi connectivity index (χ0v) is 11.3. The summed E-state index contributed by atoms with van der Waals surface area (Å²) in [5, 5.41) is 13.1. The smallest absolute Gasteiger partial charge is 0.295 e. The van der Waals surface area contributed by atoms with Gasteiger partial charge in [0.15, 0.2) is 0 Å². The molecule has 0 aliphatic rings. The lowest BCUT2D eigenvalue weighted by molar-refractivity contribution is -0.0698. The first-order chi connectivity index (χ1) is 10.0. The van der Waals surface area contributed by atoms with Gasteiger partial charge in [-0.15, -0.1) is 0 Å². The maximum atomic E-state index is 13.9. The Hall–Kier alpha value is -2.26. The zero-order valence-electron chi connectivity index (χ0n) is 11.3. The van der Waals surface area contributed by atoms with E-state index < -0.39 is 12.0 Å². The summed E-state index contributed by atoms with van der Waals surface area (Å²) in [6.45, 7) is 3.13. The predicted octanol–water partition coefficient (Wildman–Crippen LogP) is 4.85. The first kappa shape index (κ1) is 13.7. The molecule has 0 aliphatic heterocycles. The van der Waals surface area contributed by atoms with E-state index in [4.69, 9.17) is 0 Å². The molecule has 0 aliphatic carbocycles. The van der Waals surface area contributed by atoms with Crippen LogP contribution in [0.25, 0.3) is 21.5 Å². The molecule has 0 bridgehead atoms. The Morgan fingerprint density at radius 2 is 1.43 bits per heavy atom. The van der Waals surface area contributed by atoms with Gasteiger partial charge in [-0.05, 0) is 33.7 Å². The van der Waals surface area contributed by atoms with Gasteiger partial charge in [-0.3, -0.25) is 0 Å². The average Bonchev–Trinajstić information content (AvgIpc) is 2.51. The van der Waals surface area contributed by atoms with Crippen LogP contribution in [0, 0.1) is 0 Å². The number of hydrogen-bond donors (Lipinski definition) is 1. The van der Waals surface area contributed by atoms with E-state index in [1.165, 1.54) is 0 Å². The molecule has 3 aromatic carbocycles. The van der Waals surface area contributed by atoms with Crippen LogP contribution in [0.3, 0.4) is 0 Å². The van der Waals surface area contributed by atoms with Crippen molar-refractivity contribution in [1.82, 2.24) is 0 Å². The molecule has 0 spiro atoms. The molecule has 1 N–H and O–H groups in total. The molecule has 3 rings (SSSR count). The van der Waals surface area contributed by atoms with Gasteiger partial charge in [-0.1, -0.05) is 55.1 Å². The molecule has 3 heteroatoms. The van der Waals surface area contributed by atoms with Crippen molar-refractivity contribution in [3.05, 3.63) is 72.8 Å². The molecule has 0 saturated heterocycles. The number of alkyl halides is 2. The van der Waals surface area contributed by atoms with E-state index in [0.717, 1.165) is 10.8 Å². The van der Waals surface area contributed by atoms with E-state index in [-0.39, 0.29) is 5.56 Å². The van der Waals surface area contributed by atoms with Gasteiger partial charge in [-0.25, -0.2) is 0 Å². The summed E-state index contributed by atoms with van der Waals surface area (Å²) in [4.78, 5) is 0. The lowest BCUT2D eigenvalue weighted by Gasteiger charge is -2.22. The van der Waals surface area contributed by atoms with Crippen LogP contribution in [0.4, 0.5) is 8.78 Å². The van der Waals surface area contributed by atoms with Crippen molar-refractivity contribution in [3.8, 4) is 0 Å². The quantitative estimate of drug-likeness (QED) is 0.538. The molecule has 0 aromatic heterocycles. The summed E-state index contributed by atoms with van der Waals surface area (Å²) in [6.07, 6.45) is -1.43. The summed E-state index contributed by atoms with van der Waals surface area (Å²) in [6, 6.07) is 16.4. The van der Waals surface area contributed by atoms with E-state index >= 15 is 0 Å². The summed E-state index contributed by atoms with van der Waals surface area (Å²) in [5.41, 5.74) is 0.244. The van der Waals surface area contributed by atoms with E-state index in [2.05, 4.69) is 6.58 Å². The number of benzene rings is 3. The second-order valence-corrected chi connectivity index (χ2v) is 5.01. The van der Waals surface area contributed by atoms with Gasteiger partial charge < -0.3 is 5.11 Å². The van der Waals surface area contributed by atoms with Gasteiger partial charge in [0.05, 0.1) is 0 Å². The van der Waals surface area contributed by atoms with Gasteiger partial charge in [0, 0.05) is 5.56 Å². The molecule has 1 atom stereocenters.